The number of hydrogen-bond donors (Lipinski definition) is 1. The van der Waals surface area contributed by atoms with Crippen LogP contribution in [0.15, 0.2) is 30.3 Å². The number of nitrogens with zero attached hydrogens (tertiary/aromatic N) is 1. The van der Waals surface area contributed by atoms with Crippen LogP contribution in [0.4, 0.5) is 0 Å². The molecule has 15 heavy (non-hydrogen) atoms. The van der Waals surface area contributed by atoms with E-state index >= 15 is 0 Å². The molecular weight excluding hydrogens is 184 g/mol. The van der Waals surface area contributed by atoms with E-state index in [1.54, 1.807) is 0 Å². The Kier molecular flexibility index (Phi) is 3.39. The fraction of sp³-hybridized carbons (Fsp3) is 0.538. The summed E-state index contributed by atoms with van der Waals surface area (Å²) in [5, 5.41) is 3.49. The van der Waals surface area contributed by atoms with Crippen LogP contribution in [-0.4, -0.2) is 37.1 Å². The lowest BCUT2D eigenvalue weighted by atomic mass is 10.0. The monoisotopic (exact) mass is 204 g/mol. The first-order valence-electron chi connectivity index (χ1n) is 5.74. The molecule has 1 aliphatic heterocycles. The Balaban J connectivity index is 1.99. The normalized spacial score (nSPS) is 27.9. The Morgan fingerprint density at radius 3 is 2.73 bits per heavy atom. The highest BCUT2D eigenvalue weighted by atomic mass is 15.2. The van der Waals surface area contributed by atoms with Crippen LogP contribution in [0.5, 0.6) is 0 Å². The third-order valence-corrected chi connectivity index (χ3v) is 3.41. The minimum Gasteiger partial charge on any atom is -0.314 e. The van der Waals surface area contributed by atoms with Gasteiger partial charge in [0.15, 0.2) is 0 Å². The van der Waals surface area contributed by atoms with Gasteiger partial charge in [-0.25, -0.2) is 0 Å². The second-order valence-electron chi connectivity index (χ2n) is 4.52. The van der Waals surface area contributed by atoms with Gasteiger partial charge in [-0.3, -0.25) is 4.90 Å². The van der Waals surface area contributed by atoms with Gasteiger partial charge >= 0.3 is 0 Å². The Bertz CT molecular complexity index is 297. The van der Waals surface area contributed by atoms with Crippen molar-refractivity contribution in [2.24, 2.45) is 0 Å². The van der Waals surface area contributed by atoms with E-state index in [1.807, 2.05) is 0 Å². The molecule has 1 N–H and O–H groups in total. The Morgan fingerprint density at radius 2 is 2.00 bits per heavy atom. The van der Waals surface area contributed by atoms with Crippen molar-refractivity contribution in [3.05, 3.63) is 35.9 Å². The largest absolute Gasteiger partial charge is 0.314 e. The van der Waals surface area contributed by atoms with Crippen molar-refractivity contribution in [3.8, 4) is 0 Å². The third kappa shape index (κ3) is 2.58. The van der Waals surface area contributed by atoms with Gasteiger partial charge in [-0.15, -0.1) is 0 Å². The van der Waals surface area contributed by atoms with Crippen LogP contribution < -0.4 is 5.32 Å². The molecule has 0 saturated carbocycles. The van der Waals surface area contributed by atoms with Crippen LogP contribution in [-0.2, 0) is 6.42 Å². The highest BCUT2D eigenvalue weighted by molar-refractivity contribution is 5.16. The average Bonchev–Trinajstić information content (AvgIpc) is 2.26. The maximum Gasteiger partial charge on any atom is 0.0261 e. The average molecular weight is 204 g/mol. The van der Waals surface area contributed by atoms with Crippen LogP contribution in [0.1, 0.15) is 12.5 Å². The number of rotatable bonds is 2. The summed E-state index contributed by atoms with van der Waals surface area (Å²) >= 11 is 0. The van der Waals surface area contributed by atoms with Crippen molar-refractivity contribution in [3.63, 3.8) is 0 Å². The van der Waals surface area contributed by atoms with Crippen molar-refractivity contribution in [1.29, 1.82) is 0 Å². The molecule has 0 spiro atoms. The molecule has 0 aliphatic carbocycles. The van der Waals surface area contributed by atoms with Crippen LogP contribution in [0.3, 0.4) is 0 Å². The van der Waals surface area contributed by atoms with E-state index in [2.05, 4.69) is 54.5 Å². The summed E-state index contributed by atoms with van der Waals surface area (Å²) in [5.74, 6) is 0. The lowest BCUT2D eigenvalue weighted by Gasteiger charge is -2.38. The van der Waals surface area contributed by atoms with Crippen molar-refractivity contribution in [1.82, 2.24) is 10.2 Å². The minimum atomic E-state index is 0.635. The topological polar surface area (TPSA) is 15.3 Å². The van der Waals surface area contributed by atoms with Gasteiger partial charge in [0.2, 0.25) is 0 Å². The highest BCUT2D eigenvalue weighted by Gasteiger charge is 2.23. The predicted octanol–water partition coefficient (Wildman–Crippen LogP) is 1.52. The fourth-order valence-electron chi connectivity index (χ4n) is 2.21. The second kappa shape index (κ2) is 4.77. The molecule has 2 rings (SSSR count). The first-order chi connectivity index (χ1) is 7.27. The molecule has 2 nitrogen and oxygen atoms in total. The van der Waals surface area contributed by atoms with Gasteiger partial charge in [-0.1, -0.05) is 30.3 Å². The number of hydrogen-bond acceptors (Lipinski definition) is 2. The van der Waals surface area contributed by atoms with Crippen molar-refractivity contribution in [2.45, 2.75) is 25.4 Å². The Labute approximate surface area is 92.3 Å². The predicted molar refractivity (Wildman–Crippen MR) is 64.0 cm³/mol. The Hall–Kier alpha value is -0.860. The van der Waals surface area contributed by atoms with Crippen molar-refractivity contribution < 1.29 is 0 Å². The third-order valence-electron chi connectivity index (χ3n) is 3.41. The summed E-state index contributed by atoms with van der Waals surface area (Å²) in [6, 6.07) is 12.0. The van der Waals surface area contributed by atoms with Crippen molar-refractivity contribution in [2.75, 3.05) is 20.1 Å². The standard InChI is InChI=1S/C13H20N2/c1-11-9-14-10-13(15(11)2)8-12-6-4-3-5-7-12/h3-7,11,13-14H,8-10H2,1-2H3/t11?,13-/m1/s1. The summed E-state index contributed by atoms with van der Waals surface area (Å²) in [6.45, 7) is 4.50. The van der Waals surface area contributed by atoms with Gasteiger partial charge in [0.05, 0.1) is 0 Å². The maximum absolute atomic E-state index is 3.49. The summed E-state index contributed by atoms with van der Waals surface area (Å²) < 4.78 is 0. The second-order valence-corrected chi connectivity index (χ2v) is 4.52. The fourth-order valence-corrected chi connectivity index (χ4v) is 2.21. The first-order valence-corrected chi connectivity index (χ1v) is 5.74. The van der Waals surface area contributed by atoms with Crippen LogP contribution in [0.25, 0.3) is 0 Å². The highest BCUT2D eigenvalue weighted by Crippen LogP contribution is 2.12. The summed E-state index contributed by atoms with van der Waals surface area (Å²) in [5.41, 5.74) is 1.44. The summed E-state index contributed by atoms with van der Waals surface area (Å²) in [6.07, 6.45) is 1.15. The molecule has 1 aromatic carbocycles. The van der Waals surface area contributed by atoms with Crippen LogP contribution >= 0.6 is 0 Å². The van der Waals surface area contributed by atoms with E-state index in [9.17, 15) is 0 Å². The molecule has 0 aromatic heterocycles. The molecule has 1 heterocycles. The first kappa shape index (κ1) is 10.7. The van der Waals surface area contributed by atoms with Gasteiger partial charge in [0.25, 0.3) is 0 Å². The van der Waals surface area contributed by atoms with Gasteiger partial charge in [-0.05, 0) is 26.0 Å². The van der Waals surface area contributed by atoms with E-state index in [0.717, 1.165) is 19.5 Å². The molecule has 1 aliphatic rings. The van der Waals surface area contributed by atoms with E-state index in [1.165, 1.54) is 5.56 Å². The van der Waals surface area contributed by atoms with Crippen LogP contribution in [0.2, 0.25) is 0 Å². The molecule has 1 unspecified atom stereocenters. The molecule has 1 fully saturated rings. The zero-order chi connectivity index (χ0) is 10.7. The summed E-state index contributed by atoms with van der Waals surface area (Å²) in [7, 11) is 2.24. The van der Waals surface area contributed by atoms with Gasteiger partial charge in [0, 0.05) is 25.2 Å². The van der Waals surface area contributed by atoms with Crippen LogP contribution in [0, 0.1) is 0 Å². The van der Waals surface area contributed by atoms with E-state index in [0.29, 0.717) is 12.1 Å². The zero-order valence-electron chi connectivity index (χ0n) is 9.61. The number of likely N-dealkylation sites (N-methyl/N-ethyl adjacent to an activating group) is 1. The molecule has 2 atom stereocenters. The van der Waals surface area contributed by atoms with Crippen molar-refractivity contribution >= 4 is 0 Å². The number of benzene rings is 1. The molecular formula is C13H20N2. The van der Waals surface area contributed by atoms with E-state index in [-0.39, 0.29) is 0 Å². The zero-order valence-corrected chi connectivity index (χ0v) is 9.61. The molecule has 0 radical (unpaired) electrons. The van der Waals surface area contributed by atoms with E-state index < -0.39 is 0 Å². The number of piperazine rings is 1. The minimum absolute atomic E-state index is 0.635. The lowest BCUT2D eigenvalue weighted by Crippen LogP contribution is -2.55. The van der Waals surface area contributed by atoms with E-state index in [4.69, 9.17) is 0 Å². The SMILES string of the molecule is CC1CNC[C@@H](Cc2ccccc2)N1C. The van der Waals surface area contributed by atoms with Gasteiger partial charge in [-0.2, -0.15) is 0 Å². The quantitative estimate of drug-likeness (QED) is 0.786. The molecule has 1 aromatic rings. The molecule has 1 saturated heterocycles. The number of nitrogens with one attached hydrogen (secondary N) is 1. The lowest BCUT2D eigenvalue weighted by molar-refractivity contribution is 0.140. The summed E-state index contributed by atoms with van der Waals surface area (Å²) in [4.78, 5) is 2.49. The molecule has 0 bridgehead atoms. The molecule has 2 heteroatoms. The van der Waals surface area contributed by atoms with Gasteiger partial charge < -0.3 is 5.32 Å². The molecule has 82 valence electrons. The smallest absolute Gasteiger partial charge is 0.0261 e. The Morgan fingerprint density at radius 1 is 1.27 bits per heavy atom. The molecule has 0 amide bonds. The van der Waals surface area contributed by atoms with Gasteiger partial charge in [0.1, 0.15) is 0 Å². The maximum atomic E-state index is 3.49.